The van der Waals surface area contributed by atoms with E-state index in [9.17, 15) is 24.5 Å². The zero-order valence-electron chi connectivity index (χ0n) is 14.2. The number of carbonyl (C=O) groups excluding carboxylic acids is 1. The Hall–Kier alpha value is -4.27. The third-order valence-electron chi connectivity index (χ3n) is 4.29. The van der Waals surface area contributed by atoms with E-state index in [2.05, 4.69) is 15.3 Å². The maximum atomic E-state index is 12.5. The van der Waals surface area contributed by atoms with Gasteiger partial charge in [0.1, 0.15) is 10.7 Å². The Morgan fingerprint density at radius 1 is 0.893 bits per heavy atom. The highest BCUT2D eigenvalue weighted by atomic mass is 16.6. The summed E-state index contributed by atoms with van der Waals surface area (Å²) in [4.78, 5) is 52.4. The number of nitrogens with one attached hydrogen (secondary N) is 3. The number of aromatic nitrogens is 2. The Balaban J connectivity index is 1.89. The van der Waals surface area contributed by atoms with Gasteiger partial charge < -0.3 is 15.3 Å². The summed E-state index contributed by atoms with van der Waals surface area (Å²) in [5.41, 5.74) is 0.362. The molecule has 0 aliphatic carbocycles. The molecule has 0 fully saturated rings. The highest BCUT2D eigenvalue weighted by Gasteiger charge is 2.25. The number of H-pyrrole nitrogens is 2. The second-order valence-corrected chi connectivity index (χ2v) is 6.06. The van der Waals surface area contributed by atoms with Gasteiger partial charge in [-0.15, -0.1) is 0 Å². The summed E-state index contributed by atoms with van der Waals surface area (Å²) in [7, 11) is 0. The number of nitrogens with zero attached hydrogens (tertiary/aromatic N) is 1. The third-order valence-corrected chi connectivity index (χ3v) is 4.29. The van der Waals surface area contributed by atoms with Crippen LogP contribution < -0.4 is 27.1 Å². The van der Waals surface area contributed by atoms with Crippen LogP contribution in [0.15, 0.2) is 58.1 Å². The molecule has 9 nitrogen and oxygen atoms in total. The molecule has 28 heavy (non-hydrogen) atoms. The van der Waals surface area contributed by atoms with Crippen LogP contribution in [-0.2, 0) is 4.79 Å². The second kappa shape index (κ2) is 6.47. The molecule has 1 aromatic heterocycles. The predicted octanol–water partition coefficient (Wildman–Crippen LogP) is -0.0487. The number of para-hydroxylation sites is 1. The number of rotatable bonds is 2. The Morgan fingerprint density at radius 2 is 1.61 bits per heavy atom. The number of anilines is 1. The van der Waals surface area contributed by atoms with Gasteiger partial charge in [-0.3, -0.25) is 24.5 Å². The number of nitro benzene ring substituents is 1. The molecule has 2 aromatic carbocycles. The number of hydrogen-bond acceptors (Lipinski definition) is 5. The average Bonchev–Trinajstić information content (AvgIpc) is 3.00. The molecule has 0 radical (unpaired) electrons. The summed E-state index contributed by atoms with van der Waals surface area (Å²) >= 11 is 0. The lowest BCUT2D eigenvalue weighted by atomic mass is 10.1. The van der Waals surface area contributed by atoms with Gasteiger partial charge in [0, 0.05) is 23.4 Å². The molecule has 0 saturated carbocycles. The third kappa shape index (κ3) is 2.90. The van der Waals surface area contributed by atoms with Crippen LogP contribution in [0.3, 0.4) is 0 Å². The van der Waals surface area contributed by atoms with Crippen molar-refractivity contribution < 1.29 is 9.72 Å². The van der Waals surface area contributed by atoms with Gasteiger partial charge in [0.2, 0.25) is 0 Å². The summed E-state index contributed by atoms with van der Waals surface area (Å²) in [5.74, 6) is -0.477. The van der Waals surface area contributed by atoms with Crippen LogP contribution in [0.4, 0.5) is 11.4 Å². The first-order valence-electron chi connectivity index (χ1n) is 8.18. The zero-order chi connectivity index (χ0) is 19.8. The molecule has 0 unspecified atom stereocenters. The van der Waals surface area contributed by atoms with Crippen molar-refractivity contribution in [2.24, 2.45) is 0 Å². The van der Waals surface area contributed by atoms with E-state index in [1.165, 1.54) is 30.3 Å². The number of amides is 1. The Morgan fingerprint density at radius 3 is 2.32 bits per heavy atom. The number of nitro groups is 1. The summed E-state index contributed by atoms with van der Waals surface area (Å²) in [6.07, 6.45) is 1.39. The first-order chi connectivity index (χ1) is 13.4. The van der Waals surface area contributed by atoms with Crippen molar-refractivity contribution in [1.29, 1.82) is 0 Å². The molecule has 0 saturated heterocycles. The number of benzene rings is 2. The van der Waals surface area contributed by atoms with Gasteiger partial charge in [-0.05, 0) is 29.8 Å². The van der Waals surface area contributed by atoms with Crippen molar-refractivity contribution in [2.45, 2.75) is 0 Å². The normalized spacial score (nSPS) is 15.3. The molecule has 0 bridgehead atoms. The highest BCUT2D eigenvalue weighted by molar-refractivity contribution is 6.31. The Kier molecular flexibility index (Phi) is 3.96. The molecule has 9 heteroatoms. The van der Waals surface area contributed by atoms with Gasteiger partial charge >= 0.3 is 0 Å². The second-order valence-electron chi connectivity index (χ2n) is 6.06. The van der Waals surface area contributed by atoms with Crippen molar-refractivity contribution in [3.8, 4) is 0 Å². The van der Waals surface area contributed by atoms with E-state index in [0.717, 1.165) is 0 Å². The first-order valence-corrected chi connectivity index (χ1v) is 8.18. The van der Waals surface area contributed by atoms with Crippen LogP contribution in [0.1, 0.15) is 11.1 Å². The molecule has 1 aliphatic heterocycles. The molecular formula is C19H12N4O5. The van der Waals surface area contributed by atoms with E-state index in [0.29, 0.717) is 16.8 Å². The van der Waals surface area contributed by atoms with Gasteiger partial charge in [-0.1, -0.05) is 18.2 Å². The van der Waals surface area contributed by atoms with E-state index in [1.54, 1.807) is 24.3 Å². The number of carbonyl (C=O) groups is 1. The Bertz CT molecular complexity index is 1370. The molecule has 0 atom stereocenters. The van der Waals surface area contributed by atoms with E-state index >= 15 is 0 Å². The van der Waals surface area contributed by atoms with E-state index in [4.69, 9.17) is 0 Å². The zero-order valence-corrected chi connectivity index (χ0v) is 14.2. The fraction of sp³-hybridized carbons (Fsp3) is 0. The maximum absolute atomic E-state index is 12.5. The van der Waals surface area contributed by atoms with Crippen LogP contribution >= 0.6 is 0 Å². The topological polar surface area (TPSA) is 138 Å². The van der Waals surface area contributed by atoms with Crippen molar-refractivity contribution in [2.75, 3.05) is 5.32 Å². The monoisotopic (exact) mass is 376 g/mol. The van der Waals surface area contributed by atoms with Crippen LogP contribution in [0, 0.1) is 10.1 Å². The quantitative estimate of drug-likeness (QED) is 0.425. The van der Waals surface area contributed by atoms with Crippen molar-refractivity contribution >= 4 is 28.9 Å². The lowest BCUT2D eigenvalue weighted by molar-refractivity contribution is -0.384. The molecule has 2 heterocycles. The molecule has 1 amide bonds. The smallest absolute Gasteiger partial charge is 0.273 e. The lowest BCUT2D eigenvalue weighted by Crippen LogP contribution is -2.48. The summed E-state index contributed by atoms with van der Waals surface area (Å²) in [5, 5.41) is 13.2. The van der Waals surface area contributed by atoms with Crippen molar-refractivity contribution in [3.05, 3.63) is 101 Å². The first kappa shape index (κ1) is 17.2. The van der Waals surface area contributed by atoms with Crippen molar-refractivity contribution in [3.63, 3.8) is 0 Å². The number of aromatic amines is 2. The highest BCUT2D eigenvalue weighted by Crippen LogP contribution is 2.28. The minimum absolute atomic E-state index is 0.0325. The molecule has 3 aromatic rings. The number of hydrogen-bond donors (Lipinski definition) is 3. The van der Waals surface area contributed by atoms with Crippen molar-refractivity contribution in [1.82, 2.24) is 9.97 Å². The summed E-state index contributed by atoms with van der Waals surface area (Å²) < 4.78 is 0. The molecule has 4 rings (SSSR count). The van der Waals surface area contributed by atoms with Gasteiger partial charge in [0.05, 0.1) is 10.5 Å². The molecule has 138 valence electrons. The van der Waals surface area contributed by atoms with Gasteiger partial charge in [0.15, 0.2) is 0 Å². The van der Waals surface area contributed by atoms with Gasteiger partial charge in [-0.2, -0.15) is 0 Å². The number of fused-ring (bicyclic) bond motifs is 1. The lowest BCUT2D eigenvalue weighted by Gasteiger charge is -1.97. The standard InChI is InChI=1S/C19H12N4O5/c24-17-14(9-10-5-7-11(8-6-10)23(27)28)21-19(26)16(22-17)15-12-3-1-2-4-13(12)20-18(15)25/h1-9H,(H,20,25)(H,21,26)(H,22,24)/b14-9+,16-15-. The molecule has 3 N–H and O–H groups in total. The van der Waals surface area contributed by atoms with E-state index in [-0.39, 0.29) is 22.0 Å². The average molecular weight is 376 g/mol. The van der Waals surface area contributed by atoms with Gasteiger partial charge in [-0.25, -0.2) is 0 Å². The van der Waals surface area contributed by atoms with Gasteiger partial charge in [0.25, 0.3) is 22.7 Å². The molecular weight excluding hydrogens is 364 g/mol. The minimum Gasteiger partial charge on any atom is -0.321 e. The number of non-ortho nitro benzene ring substituents is 1. The van der Waals surface area contributed by atoms with E-state index < -0.39 is 21.9 Å². The molecule has 1 aliphatic rings. The maximum Gasteiger partial charge on any atom is 0.273 e. The minimum atomic E-state index is -0.630. The fourth-order valence-electron chi connectivity index (χ4n) is 2.98. The fourth-order valence-corrected chi connectivity index (χ4v) is 2.98. The largest absolute Gasteiger partial charge is 0.321 e. The van der Waals surface area contributed by atoms with Crippen LogP contribution in [0.2, 0.25) is 0 Å². The molecule has 0 spiro atoms. The van der Waals surface area contributed by atoms with Crippen LogP contribution in [0.5, 0.6) is 0 Å². The summed E-state index contributed by atoms with van der Waals surface area (Å²) in [6, 6.07) is 12.3. The van der Waals surface area contributed by atoms with Crippen LogP contribution in [0.25, 0.3) is 11.6 Å². The summed E-state index contributed by atoms with van der Waals surface area (Å²) in [6.45, 7) is 0. The van der Waals surface area contributed by atoms with E-state index in [1.807, 2.05) is 0 Å². The SMILES string of the molecule is O=C1Nc2ccccc2/C1=c1/[nH]c(=O)/c(=C\c2ccc([N+](=O)[O-])cc2)[nH]c1=O. The Labute approximate surface area is 155 Å². The predicted molar refractivity (Wildman–Crippen MR) is 101 cm³/mol. The van der Waals surface area contributed by atoms with Crippen LogP contribution in [-0.4, -0.2) is 20.8 Å².